The van der Waals surface area contributed by atoms with Crippen LogP contribution < -0.4 is 5.32 Å². The van der Waals surface area contributed by atoms with Crippen LogP contribution in [-0.2, 0) is 15.0 Å². The molecule has 0 aliphatic rings. The third-order valence-corrected chi connectivity index (χ3v) is 4.43. The van der Waals surface area contributed by atoms with Crippen molar-refractivity contribution in [3.63, 3.8) is 0 Å². The molecule has 2 rings (SSSR count). The number of carboxylic acids is 1. The molecule has 4 heteroatoms. The van der Waals surface area contributed by atoms with E-state index in [-0.39, 0.29) is 5.91 Å². The Balaban J connectivity index is 2.17. The molecule has 1 atom stereocenters. The lowest BCUT2D eigenvalue weighted by atomic mass is 9.81. The number of amides is 1. The predicted octanol–water partition coefficient (Wildman–Crippen LogP) is 4.10. The number of carboxylic acid groups (broad SMARTS) is 1. The van der Waals surface area contributed by atoms with Crippen LogP contribution in [0.5, 0.6) is 0 Å². The van der Waals surface area contributed by atoms with Crippen molar-refractivity contribution in [3.8, 4) is 0 Å². The van der Waals surface area contributed by atoms with Crippen LogP contribution >= 0.6 is 0 Å². The summed E-state index contributed by atoms with van der Waals surface area (Å²) in [6, 6.07) is 14.8. The molecule has 0 aromatic heterocycles. The predicted molar refractivity (Wildman–Crippen MR) is 95.3 cm³/mol. The van der Waals surface area contributed by atoms with Crippen molar-refractivity contribution in [3.05, 3.63) is 65.2 Å². The molecular formula is C20H23NO3. The Morgan fingerprint density at radius 2 is 1.62 bits per heavy atom. The number of nitrogens with one attached hydrogen (secondary N) is 1. The van der Waals surface area contributed by atoms with Crippen molar-refractivity contribution in [1.82, 2.24) is 0 Å². The molecule has 0 bridgehead atoms. The highest BCUT2D eigenvalue weighted by Gasteiger charge is 2.31. The van der Waals surface area contributed by atoms with E-state index in [1.807, 2.05) is 45.0 Å². The minimum Gasteiger partial charge on any atom is -0.481 e. The molecule has 0 saturated carbocycles. The Morgan fingerprint density at radius 1 is 1.04 bits per heavy atom. The Kier molecular flexibility index (Phi) is 5.07. The molecule has 0 saturated heterocycles. The summed E-state index contributed by atoms with van der Waals surface area (Å²) in [5.41, 5.74) is 2.75. The number of benzene rings is 2. The number of aliphatic carboxylic acids is 1. The summed E-state index contributed by atoms with van der Waals surface area (Å²) in [5, 5.41) is 12.0. The third kappa shape index (κ3) is 3.65. The number of carbonyl (C=O) groups is 2. The van der Waals surface area contributed by atoms with Gasteiger partial charge in [-0.05, 0) is 56.5 Å². The van der Waals surface area contributed by atoms with E-state index in [9.17, 15) is 9.59 Å². The topological polar surface area (TPSA) is 66.4 Å². The SMILES string of the molecule is Cc1ccccc1C(C)(C)C(=O)Nc1ccc(C(C)C(=O)O)cc1. The number of hydrogen-bond donors (Lipinski definition) is 2. The van der Waals surface area contributed by atoms with E-state index in [0.29, 0.717) is 11.3 Å². The average Bonchev–Trinajstić information content (AvgIpc) is 2.55. The largest absolute Gasteiger partial charge is 0.481 e. The van der Waals surface area contributed by atoms with E-state index < -0.39 is 17.3 Å². The van der Waals surface area contributed by atoms with Gasteiger partial charge in [-0.25, -0.2) is 0 Å². The molecule has 24 heavy (non-hydrogen) atoms. The van der Waals surface area contributed by atoms with Gasteiger partial charge in [0.15, 0.2) is 0 Å². The second kappa shape index (κ2) is 6.87. The summed E-state index contributed by atoms with van der Waals surface area (Å²) in [6.45, 7) is 7.42. The second-order valence-electron chi connectivity index (χ2n) is 6.58. The first-order valence-corrected chi connectivity index (χ1v) is 7.94. The molecule has 0 fully saturated rings. The fourth-order valence-electron chi connectivity index (χ4n) is 2.68. The maximum atomic E-state index is 12.7. The Morgan fingerprint density at radius 3 is 2.17 bits per heavy atom. The summed E-state index contributed by atoms with van der Waals surface area (Å²) >= 11 is 0. The van der Waals surface area contributed by atoms with Gasteiger partial charge in [0, 0.05) is 5.69 Å². The van der Waals surface area contributed by atoms with E-state index >= 15 is 0 Å². The molecule has 4 nitrogen and oxygen atoms in total. The summed E-state index contributed by atoms with van der Waals surface area (Å²) in [5.74, 6) is -1.54. The van der Waals surface area contributed by atoms with Gasteiger partial charge in [0.25, 0.3) is 0 Å². The molecule has 126 valence electrons. The van der Waals surface area contributed by atoms with Gasteiger partial charge in [0.2, 0.25) is 5.91 Å². The third-order valence-electron chi connectivity index (χ3n) is 4.43. The van der Waals surface area contributed by atoms with Gasteiger partial charge in [-0.1, -0.05) is 36.4 Å². The fourth-order valence-corrected chi connectivity index (χ4v) is 2.68. The van der Waals surface area contributed by atoms with Crippen LogP contribution in [0.2, 0.25) is 0 Å². The van der Waals surface area contributed by atoms with Crippen molar-refractivity contribution >= 4 is 17.6 Å². The molecule has 2 aromatic rings. The van der Waals surface area contributed by atoms with Crippen molar-refractivity contribution in [1.29, 1.82) is 0 Å². The minimum atomic E-state index is -0.868. The van der Waals surface area contributed by atoms with Crippen molar-refractivity contribution in [2.24, 2.45) is 0 Å². The molecule has 0 radical (unpaired) electrons. The summed E-state index contributed by atoms with van der Waals surface area (Å²) in [7, 11) is 0. The zero-order chi connectivity index (χ0) is 17.9. The standard InChI is InChI=1S/C20H23NO3/c1-13-7-5-6-8-17(13)20(3,4)19(24)21-16-11-9-15(10-12-16)14(2)18(22)23/h5-12,14H,1-4H3,(H,21,24)(H,22,23). The first-order chi connectivity index (χ1) is 11.2. The molecule has 2 N–H and O–H groups in total. The molecule has 0 heterocycles. The van der Waals surface area contributed by atoms with Crippen LogP contribution in [0.25, 0.3) is 0 Å². The van der Waals surface area contributed by atoms with Crippen molar-refractivity contribution < 1.29 is 14.7 Å². The molecule has 0 aliphatic heterocycles. The highest BCUT2D eigenvalue weighted by molar-refractivity contribution is 5.98. The van der Waals surface area contributed by atoms with Crippen LogP contribution in [0.4, 0.5) is 5.69 Å². The van der Waals surface area contributed by atoms with E-state index in [4.69, 9.17) is 5.11 Å². The molecule has 1 unspecified atom stereocenters. The van der Waals surface area contributed by atoms with Crippen LogP contribution in [0.3, 0.4) is 0 Å². The second-order valence-corrected chi connectivity index (χ2v) is 6.58. The highest BCUT2D eigenvalue weighted by atomic mass is 16.4. The van der Waals surface area contributed by atoms with Gasteiger partial charge >= 0.3 is 5.97 Å². The quantitative estimate of drug-likeness (QED) is 0.870. The van der Waals surface area contributed by atoms with Gasteiger partial charge in [0.1, 0.15) is 0 Å². The fraction of sp³-hybridized carbons (Fsp3) is 0.300. The van der Waals surface area contributed by atoms with Crippen LogP contribution in [0, 0.1) is 6.92 Å². The zero-order valence-electron chi connectivity index (χ0n) is 14.5. The van der Waals surface area contributed by atoms with Crippen LogP contribution in [-0.4, -0.2) is 17.0 Å². The Bertz CT molecular complexity index is 748. The summed E-state index contributed by atoms with van der Waals surface area (Å²) in [4.78, 5) is 23.7. The lowest BCUT2D eigenvalue weighted by molar-refractivity contribution is -0.138. The van der Waals surface area contributed by atoms with Crippen LogP contribution in [0.15, 0.2) is 48.5 Å². The average molecular weight is 325 g/mol. The number of anilines is 1. The lowest BCUT2D eigenvalue weighted by Gasteiger charge is -2.26. The van der Waals surface area contributed by atoms with Gasteiger partial charge < -0.3 is 10.4 Å². The van der Waals surface area contributed by atoms with Crippen molar-refractivity contribution in [2.75, 3.05) is 5.32 Å². The number of rotatable bonds is 5. The monoisotopic (exact) mass is 325 g/mol. The summed E-state index contributed by atoms with van der Waals surface area (Å²) in [6.07, 6.45) is 0. The maximum absolute atomic E-state index is 12.7. The van der Waals surface area contributed by atoms with Crippen LogP contribution in [0.1, 0.15) is 43.4 Å². The van der Waals surface area contributed by atoms with Gasteiger partial charge in [-0.15, -0.1) is 0 Å². The smallest absolute Gasteiger partial charge is 0.310 e. The Hall–Kier alpha value is -2.62. The normalized spacial score (nSPS) is 12.5. The van der Waals surface area contributed by atoms with E-state index in [1.165, 1.54) is 0 Å². The van der Waals surface area contributed by atoms with Gasteiger partial charge in [-0.2, -0.15) is 0 Å². The first-order valence-electron chi connectivity index (χ1n) is 7.94. The molecule has 1 amide bonds. The number of hydrogen-bond acceptors (Lipinski definition) is 2. The highest BCUT2D eigenvalue weighted by Crippen LogP contribution is 2.28. The first kappa shape index (κ1) is 17.7. The van der Waals surface area contributed by atoms with E-state index in [2.05, 4.69) is 5.32 Å². The molecule has 2 aromatic carbocycles. The van der Waals surface area contributed by atoms with Gasteiger partial charge in [-0.3, -0.25) is 9.59 Å². The maximum Gasteiger partial charge on any atom is 0.310 e. The molecule has 0 spiro atoms. The number of aryl methyl sites for hydroxylation is 1. The minimum absolute atomic E-state index is 0.101. The van der Waals surface area contributed by atoms with E-state index in [1.54, 1.807) is 31.2 Å². The van der Waals surface area contributed by atoms with Gasteiger partial charge in [0.05, 0.1) is 11.3 Å². The van der Waals surface area contributed by atoms with E-state index in [0.717, 1.165) is 11.1 Å². The summed E-state index contributed by atoms with van der Waals surface area (Å²) < 4.78 is 0. The number of carbonyl (C=O) groups excluding carboxylic acids is 1. The zero-order valence-corrected chi connectivity index (χ0v) is 14.5. The molecular weight excluding hydrogens is 302 g/mol. The lowest BCUT2D eigenvalue weighted by Crippen LogP contribution is -2.35. The van der Waals surface area contributed by atoms with Crippen molar-refractivity contribution in [2.45, 2.75) is 39.0 Å². The Labute approximate surface area is 142 Å². The molecule has 0 aliphatic carbocycles.